The van der Waals surface area contributed by atoms with Gasteiger partial charge in [-0.05, 0) is 72.8 Å². The van der Waals surface area contributed by atoms with Crippen LogP contribution < -0.4 is 5.32 Å². The van der Waals surface area contributed by atoms with Crippen LogP contribution in [0.25, 0.3) is 17.4 Å². The number of furan rings is 1. The van der Waals surface area contributed by atoms with Crippen molar-refractivity contribution in [3.8, 4) is 11.3 Å². The van der Waals surface area contributed by atoms with Gasteiger partial charge in [-0.25, -0.2) is 0 Å². The van der Waals surface area contributed by atoms with Crippen molar-refractivity contribution in [1.82, 2.24) is 0 Å². The average molecular weight is 428 g/mol. The number of carbonyl (C=O) groups is 2. The van der Waals surface area contributed by atoms with E-state index in [9.17, 15) is 9.59 Å². The molecule has 0 radical (unpaired) electrons. The van der Waals surface area contributed by atoms with Crippen LogP contribution in [0.3, 0.4) is 0 Å². The highest BCUT2D eigenvalue weighted by molar-refractivity contribution is 6.30. The summed E-state index contributed by atoms with van der Waals surface area (Å²) in [4.78, 5) is 24.7. The zero-order chi connectivity index (χ0) is 21.6. The molecule has 0 saturated carbocycles. The van der Waals surface area contributed by atoms with Gasteiger partial charge in [0.15, 0.2) is 5.78 Å². The zero-order valence-electron chi connectivity index (χ0n) is 16.4. The molecule has 1 aromatic heterocycles. The van der Waals surface area contributed by atoms with Gasteiger partial charge in [-0.15, -0.1) is 0 Å². The van der Waals surface area contributed by atoms with Crippen LogP contribution in [0.2, 0.25) is 5.02 Å². The highest BCUT2D eigenvalue weighted by atomic mass is 35.5. The monoisotopic (exact) mass is 427 g/mol. The number of hydrogen-bond acceptors (Lipinski definition) is 3. The Labute approximate surface area is 184 Å². The van der Waals surface area contributed by atoms with Gasteiger partial charge >= 0.3 is 0 Å². The number of benzene rings is 3. The molecule has 0 saturated heterocycles. The molecular formula is C26H18ClNO3. The molecule has 0 bridgehead atoms. The molecule has 0 aliphatic rings. The predicted molar refractivity (Wildman–Crippen MR) is 123 cm³/mol. The molecule has 1 amide bonds. The van der Waals surface area contributed by atoms with Crippen LogP contribution in [0.4, 0.5) is 5.69 Å². The molecule has 0 aliphatic heterocycles. The van der Waals surface area contributed by atoms with E-state index in [0.717, 1.165) is 5.56 Å². The number of hydrogen-bond donors (Lipinski definition) is 1. The van der Waals surface area contributed by atoms with Crippen LogP contribution >= 0.6 is 11.6 Å². The largest absolute Gasteiger partial charge is 0.457 e. The van der Waals surface area contributed by atoms with Gasteiger partial charge in [-0.2, -0.15) is 0 Å². The molecule has 152 valence electrons. The van der Waals surface area contributed by atoms with Crippen LogP contribution in [-0.2, 0) is 0 Å². The quantitative estimate of drug-likeness (QED) is 0.273. The Morgan fingerprint density at radius 2 is 1.58 bits per heavy atom. The van der Waals surface area contributed by atoms with Crippen molar-refractivity contribution in [2.75, 3.05) is 5.32 Å². The molecule has 0 atom stereocenters. The van der Waals surface area contributed by atoms with E-state index in [1.807, 2.05) is 30.3 Å². The maximum Gasteiger partial charge on any atom is 0.255 e. The van der Waals surface area contributed by atoms with Gasteiger partial charge in [0.1, 0.15) is 11.5 Å². The first-order chi connectivity index (χ1) is 15.1. The number of amides is 1. The molecule has 0 spiro atoms. The van der Waals surface area contributed by atoms with E-state index in [1.165, 1.54) is 6.08 Å². The molecule has 4 aromatic rings. The first kappa shape index (κ1) is 20.4. The molecule has 4 rings (SSSR count). The smallest absolute Gasteiger partial charge is 0.255 e. The maximum absolute atomic E-state index is 12.5. The van der Waals surface area contributed by atoms with Gasteiger partial charge in [0.25, 0.3) is 5.91 Å². The minimum Gasteiger partial charge on any atom is -0.457 e. The summed E-state index contributed by atoms with van der Waals surface area (Å²) in [5.41, 5.74) is 2.56. The average Bonchev–Trinajstić information content (AvgIpc) is 3.28. The number of anilines is 1. The molecule has 1 heterocycles. The number of rotatable bonds is 6. The summed E-state index contributed by atoms with van der Waals surface area (Å²) in [5.74, 6) is 0.873. The second-order valence-electron chi connectivity index (χ2n) is 6.81. The number of nitrogens with one attached hydrogen (secondary N) is 1. The molecular weight excluding hydrogens is 410 g/mol. The van der Waals surface area contributed by atoms with E-state index < -0.39 is 0 Å². The van der Waals surface area contributed by atoms with Crippen molar-refractivity contribution in [3.63, 3.8) is 0 Å². The lowest BCUT2D eigenvalue weighted by atomic mass is 10.1. The fourth-order valence-corrected chi connectivity index (χ4v) is 3.19. The predicted octanol–water partition coefficient (Wildman–Crippen LogP) is 6.75. The van der Waals surface area contributed by atoms with Gasteiger partial charge in [-0.3, -0.25) is 9.59 Å². The molecule has 0 aliphatic carbocycles. The van der Waals surface area contributed by atoms with E-state index in [1.54, 1.807) is 66.7 Å². The lowest BCUT2D eigenvalue weighted by molar-refractivity contribution is 0.102. The topological polar surface area (TPSA) is 59.3 Å². The van der Waals surface area contributed by atoms with Gasteiger partial charge in [0, 0.05) is 27.4 Å². The molecule has 5 heteroatoms. The van der Waals surface area contributed by atoms with E-state index >= 15 is 0 Å². The SMILES string of the molecule is O=C(C=Cc1ccc(-c2cccc(Cl)c2)o1)c1ccc(NC(=O)c2ccccc2)cc1. The number of halogens is 1. The minimum atomic E-state index is -0.201. The Morgan fingerprint density at radius 3 is 2.32 bits per heavy atom. The van der Waals surface area contributed by atoms with Crippen molar-refractivity contribution in [1.29, 1.82) is 0 Å². The zero-order valence-corrected chi connectivity index (χ0v) is 17.2. The van der Waals surface area contributed by atoms with Crippen LogP contribution in [-0.4, -0.2) is 11.7 Å². The maximum atomic E-state index is 12.5. The minimum absolute atomic E-state index is 0.165. The van der Waals surface area contributed by atoms with Crippen molar-refractivity contribution in [3.05, 3.63) is 119 Å². The summed E-state index contributed by atoms with van der Waals surface area (Å²) in [6, 6.07) is 26.7. The van der Waals surface area contributed by atoms with Crippen molar-refractivity contribution < 1.29 is 14.0 Å². The molecule has 3 aromatic carbocycles. The van der Waals surface area contributed by atoms with Gasteiger partial charge < -0.3 is 9.73 Å². The molecule has 1 N–H and O–H groups in total. The van der Waals surface area contributed by atoms with E-state index in [4.69, 9.17) is 16.0 Å². The second-order valence-corrected chi connectivity index (χ2v) is 7.24. The summed E-state index contributed by atoms with van der Waals surface area (Å²) in [5, 5.41) is 3.44. The Kier molecular flexibility index (Phi) is 6.11. The Bertz CT molecular complexity index is 1240. The van der Waals surface area contributed by atoms with Crippen molar-refractivity contribution in [2.45, 2.75) is 0 Å². The fraction of sp³-hybridized carbons (Fsp3) is 0. The lowest BCUT2D eigenvalue weighted by Gasteiger charge is -2.05. The molecule has 0 fully saturated rings. The van der Waals surface area contributed by atoms with Crippen LogP contribution in [0.15, 0.2) is 101 Å². The standard InChI is InChI=1S/C26H18ClNO3/c27-21-8-4-7-20(17-21)25-16-14-23(31-25)13-15-24(29)18-9-11-22(12-10-18)28-26(30)19-5-2-1-3-6-19/h1-17H,(H,28,30). The Morgan fingerprint density at radius 1 is 0.806 bits per heavy atom. The van der Waals surface area contributed by atoms with Crippen molar-refractivity contribution >= 4 is 35.1 Å². The highest BCUT2D eigenvalue weighted by Crippen LogP contribution is 2.25. The highest BCUT2D eigenvalue weighted by Gasteiger charge is 2.08. The Hall–Kier alpha value is -3.89. The van der Waals surface area contributed by atoms with Gasteiger partial charge in [0.2, 0.25) is 0 Å². The van der Waals surface area contributed by atoms with Gasteiger partial charge in [-0.1, -0.05) is 41.9 Å². The molecule has 31 heavy (non-hydrogen) atoms. The summed E-state index contributed by atoms with van der Waals surface area (Å²) in [6.45, 7) is 0. The fourth-order valence-electron chi connectivity index (χ4n) is 3.00. The first-order valence-electron chi connectivity index (χ1n) is 9.63. The van der Waals surface area contributed by atoms with E-state index in [2.05, 4.69) is 5.32 Å². The number of ketones is 1. The third-order valence-electron chi connectivity index (χ3n) is 4.60. The van der Waals surface area contributed by atoms with Crippen LogP contribution in [0.1, 0.15) is 26.5 Å². The Balaban J connectivity index is 1.40. The van der Waals surface area contributed by atoms with Crippen LogP contribution in [0.5, 0.6) is 0 Å². The first-order valence-corrected chi connectivity index (χ1v) is 10.0. The van der Waals surface area contributed by atoms with E-state index in [-0.39, 0.29) is 11.7 Å². The molecule has 0 unspecified atom stereocenters. The second kappa shape index (κ2) is 9.28. The van der Waals surface area contributed by atoms with Gasteiger partial charge in [0.05, 0.1) is 0 Å². The third-order valence-corrected chi connectivity index (χ3v) is 4.83. The summed E-state index contributed by atoms with van der Waals surface area (Å²) >= 11 is 6.02. The summed E-state index contributed by atoms with van der Waals surface area (Å²) < 4.78 is 5.77. The van der Waals surface area contributed by atoms with Crippen LogP contribution in [0, 0.1) is 0 Å². The van der Waals surface area contributed by atoms with E-state index in [0.29, 0.717) is 33.4 Å². The number of allylic oxidation sites excluding steroid dienone is 1. The summed E-state index contributed by atoms with van der Waals surface area (Å²) in [6.07, 6.45) is 3.08. The summed E-state index contributed by atoms with van der Waals surface area (Å²) in [7, 11) is 0. The third kappa shape index (κ3) is 5.18. The normalized spacial score (nSPS) is 10.9. The number of carbonyl (C=O) groups excluding carboxylic acids is 2. The molecule has 4 nitrogen and oxygen atoms in total. The lowest BCUT2D eigenvalue weighted by Crippen LogP contribution is -2.11. The van der Waals surface area contributed by atoms with Crippen molar-refractivity contribution in [2.24, 2.45) is 0 Å².